The van der Waals surface area contributed by atoms with Gasteiger partial charge in [-0.15, -0.1) is 0 Å². The van der Waals surface area contributed by atoms with Crippen LogP contribution >= 0.6 is 0 Å². The summed E-state index contributed by atoms with van der Waals surface area (Å²) in [7, 11) is -4.25. The number of sulfonamides is 1. The fraction of sp³-hybridized carbons (Fsp3) is 0.500. The van der Waals surface area contributed by atoms with Gasteiger partial charge < -0.3 is 5.32 Å². The van der Waals surface area contributed by atoms with Crippen LogP contribution in [0, 0.1) is 5.41 Å². The summed E-state index contributed by atoms with van der Waals surface area (Å²) < 4.78 is 61.1. The fourth-order valence-electron chi connectivity index (χ4n) is 1.66. The summed E-state index contributed by atoms with van der Waals surface area (Å²) in [5.41, 5.74) is 0.170. The third kappa shape index (κ3) is 7.47. The van der Waals surface area contributed by atoms with E-state index in [0.29, 0.717) is 5.69 Å². The zero-order valence-corrected chi connectivity index (χ0v) is 13.8. The maximum atomic E-state index is 12.1. The predicted molar refractivity (Wildman–Crippen MR) is 80.4 cm³/mol. The number of hydrogen-bond acceptors (Lipinski definition) is 3. The molecule has 5 nitrogen and oxygen atoms in total. The SMILES string of the molecule is CC(C)(C)CC(=O)Nc1ccc(S(=O)(=O)NCC(F)(F)F)cc1. The van der Waals surface area contributed by atoms with E-state index in [4.69, 9.17) is 0 Å². The van der Waals surface area contributed by atoms with E-state index in [0.717, 1.165) is 12.1 Å². The van der Waals surface area contributed by atoms with Crippen molar-refractivity contribution in [2.75, 3.05) is 11.9 Å². The first-order chi connectivity index (χ1) is 10.3. The van der Waals surface area contributed by atoms with E-state index >= 15 is 0 Å². The minimum Gasteiger partial charge on any atom is -0.326 e. The van der Waals surface area contributed by atoms with Crippen LogP contribution in [0.1, 0.15) is 27.2 Å². The minimum atomic E-state index is -4.63. The second kappa shape index (κ2) is 6.88. The fourth-order valence-corrected chi connectivity index (χ4v) is 2.68. The number of amides is 1. The van der Waals surface area contributed by atoms with Gasteiger partial charge in [-0.3, -0.25) is 4.79 Å². The second-order valence-electron chi connectivity index (χ2n) is 6.25. The summed E-state index contributed by atoms with van der Waals surface area (Å²) in [5.74, 6) is -0.233. The number of hydrogen-bond donors (Lipinski definition) is 2. The standard InChI is InChI=1S/C14H19F3N2O3S/c1-13(2,3)8-12(20)19-10-4-6-11(7-5-10)23(21,22)18-9-14(15,16)17/h4-7,18H,8-9H2,1-3H3,(H,19,20). The van der Waals surface area contributed by atoms with Gasteiger partial charge in [-0.25, -0.2) is 13.1 Å². The Morgan fingerprint density at radius 1 is 1.09 bits per heavy atom. The number of anilines is 1. The molecular weight excluding hydrogens is 333 g/mol. The summed E-state index contributed by atoms with van der Waals surface area (Å²) in [4.78, 5) is 11.4. The maximum Gasteiger partial charge on any atom is 0.402 e. The number of carbonyl (C=O) groups is 1. The number of nitrogens with one attached hydrogen (secondary N) is 2. The van der Waals surface area contributed by atoms with Crippen molar-refractivity contribution in [3.05, 3.63) is 24.3 Å². The quantitative estimate of drug-likeness (QED) is 0.856. The highest BCUT2D eigenvalue weighted by Crippen LogP contribution is 2.21. The molecule has 0 aliphatic heterocycles. The van der Waals surface area contributed by atoms with Crippen LogP contribution in [0.5, 0.6) is 0 Å². The second-order valence-corrected chi connectivity index (χ2v) is 8.02. The van der Waals surface area contributed by atoms with Gasteiger partial charge in [-0.2, -0.15) is 13.2 Å². The van der Waals surface area contributed by atoms with Gasteiger partial charge >= 0.3 is 6.18 Å². The average molecular weight is 352 g/mol. The molecule has 0 aliphatic carbocycles. The van der Waals surface area contributed by atoms with Crippen LogP contribution in [-0.4, -0.2) is 27.0 Å². The van der Waals surface area contributed by atoms with Gasteiger partial charge in [0.25, 0.3) is 0 Å². The molecule has 0 bridgehead atoms. The number of rotatable bonds is 5. The predicted octanol–water partition coefficient (Wildman–Crippen LogP) is 2.90. The molecule has 2 N–H and O–H groups in total. The molecule has 1 amide bonds. The summed E-state index contributed by atoms with van der Waals surface area (Å²) in [6, 6.07) is 4.91. The topological polar surface area (TPSA) is 75.3 Å². The summed E-state index contributed by atoms with van der Waals surface area (Å²) in [5, 5.41) is 2.60. The maximum absolute atomic E-state index is 12.1. The molecule has 0 radical (unpaired) electrons. The molecule has 1 aromatic carbocycles. The molecule has 9 heteroatoms. The number of benzene rings is 1. The van der Waals surface area contributed by atoms with Gasteiger partial charge in [0.05, 0.1) is 4.90 Å². The summed E-state index contributed by atoms with van der Waals surface area (Å²) >= 11 is 0. The highest BCUT2D eigenvalue weighted by Gasteiger charge is 2.30. The van der Waals surface area contributed by atoms with Crippen molar-refractivity contribution in [2.24, 2.45) is 5.41 Å². The lowest BCUT2D eigenvalue weighted by Gasteiger charge is -2.17. The van der Waals surface area contributed by atoms with Crippen LogP contribution in [0.15, 0.2) is 29.2 Å². The van der Waals surface area contributed by atoms with E-state index in [-0.39, 0.29) is 22.6 Å². The first-order valence-corrected chi connectivity index (χ1v) is 8.23. The Morgan fingerprint density at radius 2 is 1.61 bits per heavy atom. The van der Waals surface area contributed by atoms with Crippen molar-refractivity contribution in [3.63, 3.8) is 0 Å². The first-order valence-electron chi connectivity index (χ1n) is 6.75. The number of halogens is 3. The van der Waals surface area contributed by atoms with Crippen molar-refractivity contribution in [1.29, 1.82) is 0 Å². The first kappa shape index (κ1) is 19.4. The van der Waals surface area contributed by atoms with Gasteiger partial charge in [0.15, 0.2) is 0 Å². The van der Waals surface area contributed by atoms with Gasteiger partial charge in [-0.1, -0.05) is 20.8 Å². The molecule has 0 spiro atoms. The molecule has 0 saturated carbocycles. The van der Waals surface area contributed by atoms with Gasteiger partial charge in [0, 0.05) is 12.1 Å². The monoisotopic (exact) mass is 352 g/mol. The molecule has 0 atom stereocenters. The summed E-state index contributed by atoms with van der Waals surface area (Å²) in [6.07, 6.45) is -4.35. The number of alkyl halides is 3. The van der Waals surface area contributed by atoms with E-state index in [1.807, 2.05) is 20.8 Å². The molecule has 0 heterocycles. The van der Waals surface area contributed by atoms with Crippen molar-refractivity contribution in [3.8, 4) is 0 Å². The molecule has 0 aromatic heterocycles. The molecule has 23 heavy (non-hydrogen) atoms. The van der Waals surface area contributed by atoms with Crippen molar-refractivity contribution >= 4 is 21.6 Å². The minimum absolute atomic E-state index is 0.200. The van der Waals surface area contributed by atoms with Gasteiger partial charge in [0.2, 0.25) is 15.9 Å². The average Bonchev–Trinajstić information content (AvgIpc) is 2.34. The van der Waals surface area contributed by atoms with Crippen LogP contribution in [-0.2, 0) is 14.8 Å². The lowest BCUT2D eigenvalue weighted by atomic mass is 9.92. The molecule has 1 rings (SSSR count). The molecular formula is C14H19F3N2O3S. The Morgan fingerprint density at radius 3 is 2.04 bits per heavy atom. The van der Waals surface area contributed by atoms with E-state index in [2.05, 4.69) is 5.32 Å². The van der Waals surface area contributed by atoms with Gasteiger partial charge in [0.1, 0.15) is 6.54 Å². The molecule has 0 unspecified atom stereocenters. The Kier molecular flexibility index (Phi) is 5.81. The van der Waals surface area contributed by atoms with Crippen molar-refractivity contribution in [1.82, 2.24) is 4.72 Å². The van der Waals surface area contributed by atoms with E-state index in [1.165, 1.54) is 16.9 Å². The van der Waals surface area contributed by atoms with Crippen molar-refractivity contribution < 1.29 is 26.4 Å². The summed E-state index contributed by atoms with van der Waals surface area (Å²) in [6.45, 7) is 4.05. The zero-order chi connectivity index (χ0) is 17.9. The molecule has 0 aliphatic rings. The zero-order valence-electron chi connectivity index (χ0n) is 13.0. The molecule has 130 valence electrons. The van der Waals surface area contributed by atoms with Crippen LogP contribution < -0.4 is 10.0 Å². The Balaban J connectivity index is 2.74. The smallest absolute Gasteiger partial charge is 0.326 e. The van der Waals surface area contributed by atoms with Gasteiger partial charge in [-0.05, 0) is 29.7 Å². The van der Waals surface area contributed by atoms with Crippen LogP contribution in [0.3, 0.4) is 0 Å². The lowest BCUT2D eigenvalue weighted by Crippen LogP contribution is -2.33. The normalized spacial score (nSPS) is 13.0. The molecule has 1 aromatic rings. The van der Waals surface area contributed by atoms with E-state index in [1.54, 1.807) is 0 Å². The Hall–Kier alpha value is -1.61. The van der Waals surface area contributed by atoms with Crippen LogP contribution in [0.4, 0.5) is 18.9 Å². The Bertz CT molecular complexity index is 647. The van der Waals surface area contributed by atoms with Crippen LogP contribution in [0.2, 0.25) is 0 Å². The molecule has 0 saturated heterocycles. The van der Waals surface area contributed by atoms with Crippen LogP contribution in [0.25, 0.3) is 0 Å². The van der Waals surface area contributed by atoms with E-state index < -0.39 is 22.7 Å². The van der Waals surface area contributed by atoms with E-state index in [9.17, 15) is 26.4 Å². The highest BCUT2D eigenvalue weighted by atomic mass is 32.2. The molecule has 0 fully saturated rings. The third-order valence-corrected chi connectivity index (χ3v) is 4.02. The lowest BCUT2D eigenvalue weighted by molar-refractivity contribution is -0.121. The Labute approximate surface area is 133 Å². The van der Waals surface area contributed by atoms with Crippen molar-refractivity contribution in [2.45, 2.75) is 38.3 Å². The third-order valence-electron chi connectivity index (χ3n) is 2.60. The highest BCUT2D eigenvalue weighted by molar-refractivity contribution is 7.89. The largest absolute Gasteiger partial charge is 0.402 e. The number of carbonyl (C=O) groups excluding carboxylic acids is 1.